The number of ketones is 2. The first-order chi connectivity index (χ1) is 21.5. The number of benzene rings is 4. The van der Waals surface area contributed by atoms with Crippen molar-refractivity contribution < 1.29 is 19.8 Å². The van der Waals surface area contributed by atoms with Gasteiger partial charge in [0, 0.05) is 58.7 Å². The van der Waals surface area contributed by atoms with E-state index in [1.54, 1.807) is 23.5 Å². The summed E-state index contributed by atoms with van der Waals surface area (Å²) >= 11 is 3.26. The first-order valence-electron chi connectivity index (χ1n) is 15.0. The third kappa shape index (κ3) is 11.6. The highest BCUT2D eigenvalue weighted by atomic mass is 32.2. The summed E-state index contributed by atoms with van der Waals surface area (Å²) in [5.41, 5.74) is 6.10. The molecule has 2 atom stereocenters. The van der Waals surface area contributed by atoms with Crippen molar-refractivity contribution in [1.82, 2.24) is 0 Å². The van der Waals surface area contributed by atoms with E-state index in [4.69, 9.17) is 10.2 Å². The third-order valence-electron chi connectivity index (χ3n) is 7.08. The van der Waals surface area contributed by atoms with E-state index in [1.165, 1.54) is 5.56 Å². The van der Waals surface area contributed by atoms with Crippen LogP contribution in [0, 0.1) is 0 Å². The van der Waals surface area contributed by atoms with E-state index in [0.717, 1.165) is 34.4 Å². The molecule has 0 spiro atoms. The molecule has 0 radical (unpaired) electrons. The molecule has 7 heteroatoms. The van der Waals surface area contributed by atoms with Crippen LogP contribution in [0.4, 0.5) is 5.69 Å². The molecule has 0 saturated carbocycles. The Kier molecular flexibility index (Phi) is 15.8. The predicted molar refractivity (Wildman–Crippen MR) is 187 cm³/mol. The Morgan fingerprint density at radius 1 is 0.636 bits per heavy atom. The lowest BCUT2D eigenvalue weighted by atomic mass is 10.0. The van der Waals surface area contributed by atoms with Crippen molar-refractivity contribution in [1.29, 1.82) is 0 Å². The third-order valence-corrected chi connectivity index (χ3v) is 9.60. The Bertz CT molecular complexity index is 1270. The summed E-state index contributed by atoms with van der Waals surface area (Å²) < 4.78 is 0. The summed E-state index contributed by atoms with van der Waals surface area (Å²) in [5, 5.41) is 21.4. The van der Waals surface area contributed by atoms with Gasteiger partial charge in [-0.05, 0) is 35.2 Å². The molecular formula is C37H43NO4S2. The van der Waals surface area contributed by atoms with Crippen LogP contribution in [0.1, 0.15) is 67.7 Å². The van der Waals surface area contributed by atoms with Gasteiger partial charge in [0.2, 0.25) is 0 Å². The molecule has 0 aliphatic heterocycles. The SMILES string of the molecule is CCc1ccc(C(CC(=O)c2ccccc2)SCCO)cc1.CNc1ccc(C(CC(=O)c2ccccc2)SCCO)cc1. The van der Waals surface area contributed by atoms with E-state index in [1.807, 2.05) is 92.0 Å². The van der Waals surface area contributed by atoms with Gasteiger partial charge < -0.3 is 15.5 Å². The largest absolute Gasteiger partial charge is 0.396 e. The fourth-order valence-electron chi connectivity index (χ4n) is 4.59. The number of aliphatic hydroxyl groups excluding tert-OH is 2. The lowest BCUT2D eigenvalue weighted by Crippen LogP contribution is -2.07. The van der Waals surface area contributed by atoms with Crippen molar-refractivity contribution >= 4 is 40.8 Å². The zero-order valence-electron chi connectivity index (χ0n) is 25.5. The van der Waals surface area contributed by atoms with Crippen molar-refractivity contribution in [2.45, 2.75) is 36.7 Å². The molecule has 0 amide bonds. The van der Waals surface area contributed by atoms with Crippen LogP contribution in [0.2, 0.25) is 0 Å². The molecule has 0 aromatic heterocycles. The van der Waals surface area contributed by atoms with Crippen LogP contribution in [0.15, 0.2) is 109 Å². The summed E-state index contributed by atoms with van der Waals surface area (Å²) in [4.78, 5) is 24.9. The quantitative estimate of drug-likeness (QED) is 0.108. The molecule has 0 saturated heterocycles. The van der Waals surface area contributed by atoms with Crippen molar-refractivity contribution in [3.05, 3.63) is 137 Å². The summed E-state index contributed by atoms with van der Waals surface area (Å²) in [6.45, 7) is 2.38. The van der Waals surface area contributed by atoms with Crippen LogP contribution in [0.5, 0.6) is 0 Å². The number of nitrogens with one attached hydrogen (secondary N) is 1. The van der Waals surface area contributed by atoms with E-state index in [0.29, 0.717) is 24.3 Å². The first kappa shape index (κ1) is 35.1. The average Bonchev–Trinajstić information content (AvgIpc) is 3.09. The highest BCUT2D eigenvalue weighted by molar-refractivity contribution is 7.99. The minimum absolute atomic E-state index is 0.0609. The van der Waals surface area contributed by atoms with Crippen LogP contribution in [0.25, 0.3) is 0 Å². The van der Waals surface area contributed by atoms with E-state index < -0.39 is 0 Å². The van der Waals surface area contributed by atoms with Gasteiger partial charge in [-0.15, -0.1) is 0 Å². The van der Waals surface area contributed by atoms with Gasteiger partial charge in [0.25, 0.3) is 0 Å². The van der Waals surface area contributed by atoms with E-state index >= 15 is 0 Å². The van der Waals surface area contributed by atoms with Gasteiger partial charge in [-0.1, -0.05) is 104 Å². The molecule has 44 heavy (non-hydrogen) atoms. The van der Waals surface area contributed by atoms with Crippen LogP contribution < -0.4 is 5.32 Å². The summed E-state index contributed by atoms with van der Waals surface area (Å²) in [6, 6.07) is 35.3. The fraction of sp³-hybridized carbons (Fsp3) is 0.297. The standard InChI is InChI=1S/C19H22O2S.C18H21NO2S/c1-2-15-8-10-17(11-9-15)19(22-13-12-20)14-18(21)16-6-4-3-5-7-16;1-19-16-9-7-15(8-10-16)18(22-12-11-20)13-17(21)14-5-3-2-4-6-14/h3-11,19-20H,2,12-14H2,1H3;2-10,18-20H,11-13H2,1H3. The smallest absolute Gasteiger partial charge is 0.164 e. The topological polar surface area (TPSA) is 86.6 Å². The number of carbonyl (C=O) groups excluding carboxylic acids is 2. The lowest BCUT2D eigenvalue weighted by molar-refractivity contribution is 0.0974. The van der Waals surface area contributed by atoms with Crippen molar-refractivity contribution in [3.8, 4) is 0 Å². The highest BCUT2D eigenvalue weighted by Gasteiger charge is 2.19. The van der Waals surface area contributed by atoms with Gasteiger partial charge in [0.1, 0.15) is 0 Å². The monoisotopic (exact) mass is 629 g/mol. The minimum Gasteiger partial charge on any atom is -0.396 e. The highest BCUT2D eigenvalue weighted by Crippen LogP contribution is 2.34. The Morgan fingerprint density at radius 2 is 1.05 bits per heavy atom. The van der Waals surface area contributed by atoms with Crippen LogP contribution in [-0.2, 0) is 6.42 Å². The summed E-state index contributed by atoms with van der Waals surface area (Å²) in [7, 11) is 1.88. The Balaban J connectivity index is 0.000000240. The minimum atomic E-state index is 0.0609. The zero-order valence-corrected chi connectivity index (χ0v) is 27.2. The Morgan fingerprint density at radius 3 is 1.41 bits per heavy atom. The molecule has 3 N–H and O–H groups in total. The first-order valence-corrected chi connectivity index (χ1v) is 17.1. The number of hydrogen-bond acceptors (Lipinski definition) is 7. The van der Waals surface area contributed by atoms with Gasteiger partial charge >= 0.3 is 0 Å². The van der Waals surface area contributed by atoms with Crippen LogP contribution >= 0.6 is 23.5 Å². The molecule has 4 aromatic carbocycles. The molecule has 2 unspecified atom stereocenters. The van der Waals surface area contributed by atoms with Crippen LogP contribution in [0.3, 0.4) is 0 Å². The average molecular weight is 630 g/mol. The predicted octanol–water partition coefficient (Wildman–Crippen LogP) is 8.06. The lowest BCUT2D eigenvalue weighted by Gasteiger charge is -2.16. The molecule has 0 aliphatic carbocycles. The number of thioether (sulfide) groups is 2. The van der Waals surface area contributed by atoms with Gasteiger partial charge in [-0.3, -0.25) is 9.59 Å². The number of hydrogen-bond donors (Lipinski definition) is 3. The van der Waals surface area contributed by atoms with E-state index in [9.17, 15) is 9.59 Å². The zero-order chi connectivity index (χ0) is 31.6. The number of carbonyl (C=O) groups is 2. The molecule has 232 valence electrons. The van der Waals surface area contributed by atoms with E-state index in [2.05, 4.69) is 36.5 Å². The molecule has 0 heterocycles. The summed E-state index contributed by atoms with van der Waals surface area (Å²) in [6.07, 6.45) is 1.91. The van der Waals surface area contributed by atoms with Crippen molar-refractivity contribution in [3.63, 3.8) is 0 Å². The molecular weight excluding hydrogens is 587 g/mol. The second kappa shape index (κ2) is 19.8. The number of rotatable bonds is 16. The second-order valence-corrected chi connectivity index (χ2v) is 12.7. The van der Waals surface area contributed by atoms with Crippen molar-refractivity contribution in [2.24, 2.45) is 0 Å². The molecule has 4 aromatic rings. The van der Waals surface area contributed by atoms with Crippen molar-refractivity contribution in [2.75, 3.05) is 37.1 Å². The Labute approximate surface area is 270 Å². The van der Waals surface area contributed by atoms with E-state index in [-0.39, 0.29) is 35.3 Å². The number of Topliss-reactive ketones (excluding diaryl/α,β-unsaturated/α-hetero) is 2. The maximum atomic E-state index is 12.4. The number of anilines is 1. The Hall–Kier alpha value is -3.36. The number of aryl methyl sites for hydroxylation is 1. The van der Waals surface area contributed by atoms with Crippen LogP contribution in [-0.4, -0.2) is 53.5 Å². The maximum Gasteiger partial charge on any atom is 0.164 e. The molecule has 0 aliphatic rings. The number of aliphatic hydroxyl groups is 2. The molecule has 0 fully saturated rings. The van der Waals surface area contributed by atoms with Gasteiger partial charge in [0.15, 0.2) is 11.6 Å². The fourth-order valence-corrected chi connectivity index (χ4v) is 6.61. The van der Waals surface area contributed by atoms with Gasteiger partial charge in [-0.25, -0.2) is 0 Å². The molecule has 5 nitrogen and oxygen atoms in total. The molecule has 4 rings (SSSR count). The van der Waals surface area contributed by atoms with Gasteiger partial charge in [0.05, 0.1) is 13.2 Å². The summed E-state index contributed by atoms with van der Waals surface area (Å²) in [5.74, 6) is 1.55. The normalized spacial score (nSPS) is 12.0. The second-order valence-electron chi connectivity index (χ2n) is 10.1. The maximum absolute atomic E-state index is 12.4. The van der Waals surface area contributed by atoms with Gasteiger partial charge in [-0.2, -0.15) is 23.5 Å². The molecule has 0 bridgehead atoms.